The topological polar surface area (TPSA) is 73.6 Å². The van der Waals surface area contributed by atoms with E-state index >= 15 is 0 Å². The third kappa shape index (κ3) is 1.51. The Morgan fingerprint density at radius 3 is 2.71 bits per heavy atom. The van der Waals surface area contributed by atoms with Gasteiger partial charge in [-0.1, -0.05) is 13.8 Å². The van der Waals surface area contributed by atoms with Crippen LogP contribution < -0.4 is 0 Å². The average Bonchev–Trinajstić information content (AvgIpc) is 3.23. The minimum atomic E-state index is -0.489. The van der Waals surface area contributed by atoms with Crippen LogP contribution in [0.4, 0.5) is 0 Å². The van der Waals surface area contributed by atoms with Crippen LogP contribution >= 0.6 is 0 Å². The molecule has 0 amide bonds. The number of carbonyl (C=O) groups is 1. The number of carbonyl (C=O) groups excluding carboxylic acids is 1. The van der Waals surface area contributed by atoms with E-state index in [1.165, 1.54) is 0 Å². The Morgan fingerprint density at radius 1 is 1.17 bits per heavy atom. The smallest absolute Gasteiger partial charge is 0.181 e. The van der Waals surface area contributed by atoms with Gasteiger partial charge in [-0.25, -0.2) is 0 Å². The molecular formula is C20H27NO3. The number of aliphatic hydroxyl groups is 1. The Balaban J connectivity index is 1.53. The first-order valence-electron chi connectivity index (χ1n) is 9.67. The number of ketones is 1. The fraction of sp³-hybridized carbons (Fsp3) is 0.900. The molecule has 0 aromatic heterocycles. The molecule has 1 heterocycles. The van der Waals surface area contributed by atoms with Crippen molar-refractivity contribution in [1.82, 2.24) is 0 Å². The second-order valence-electron chi connectivity index (χ2n) is 9.65. The molecule has 5 rings (SSSR count). The van der Waals surface area contributed by atoms with Crippen LogP contribution in [0.3, 0.4) is 0 Å². The summed E-state index contributed by atoms with van der Waals surface area (Å²) in [6, 6.07) is 2.25. The van der Waals surface area contributed by atoms with Gasteiger partial charge >= 0.3 is 0 Å². The van der Waals surface area contributed by atoms with E-state index in [9.17, 15) is 15.2 Å². The summed E-state index contributed by atoms with van der Waals surface area (Å²) >= 11 is 0. The second kappa shape index (κ2) is 4.43. The molecule has 0 radical (unpaired) electrons. The molecule has 0 aromatic carbocycles. The molecule has 0 aromatic rings. The molecule has 5 aliphatic rings. The number of hydrogen-bond acceptors (Lipinski definition) is 4. The van der Waals surface area contributed by atoms with Gasteiger partial charge in [-0.15, -0.1) is 0 Å². The Labute approximate surface area is 143 Å². The highest BCUT2D eigenvalue weighted by Crippen LogP contribution is 2.72. The van der Waals surface area contributed by atoms with Gasteiger partial charge in [0.2, 0.25) is 0 Å². The predicted molar refractivity (Wildman–Crippen MR) is 86.7 cm³/mol. The van der Waals surface area contributed by atoms with Crippen molar-refractivity contribution in [3.8, 4) is 6.07 Å². The van der Waals surface area contributed by atoms with E-state index in [1.807, 2.05) is 0 Å². The number of rotatable bonds is 0. The van der Waals surface area contributed by atoms with Crippen LogP contribution in [0.2, 0.25) is 0 Å². The summed E-state index contributed by atoms with van der Waals surface area (Å²) in [7, 11) is 0. The van der Waals surface area contributed by atoms with Crippen LogP contribution in [0.1, 0.15) is 58.8 Å². The largest absolute Gasteiger partial charge is 0.393 e. The Kier molecular flexibility index (Phi) is 2.83. The molecule has 0 bridgehead atoms. The zero-order valence-electron chi connectivity index (χ0n) is 14.6. The maximum atomic E-state index is 12.4. The van der Waals surface area contributed by atoms with Crippen LogP contribution in [0.15, 0.2) is 0 Å². The van der Waals surface area contributed by atoms with Gasteiger partial charge in [0, 0.05) is 5.41 Å². The van der Waals surface area contributed by atoms with Crippen molar-refractivity contribution < 1.29 is 14.6 Å². The number of Topliss-reactive ketones (excluding diaryl/α,β-unsaturated/α-hetero) is 1. The maximum absolute atomic E-state index is 12.4. The number of hydrogen-bond donors (Lipinski definition) is 1. The molecule has 4 heteroatoms. The number of ether oxygens (including phenoxy) is 1. The normalized spacial score (nSPS) is 61.2. The highest BCUT2D eigenvalue weighted by atomic mass is 16.6. The standard InChI is InChI=1S/C20H27NO3/c1-18-7-6-14-12(13(18)3-4-15(18)22)5-8-20-17(24-20)16(23)11(10-21)9-19(14,20)2/h11-15,17,22H,3-9H2,1-2H3/t11?,12-,13-,14-,15?,17?,18-,19+,20?/m0/s1. The number of epoxide rings is 1. The summed E-state index contributed by atoms with van der Waals surface area (Å²) in [4.78, 5) is 12.4. The summed E-state index contributed by atoms with van der Waals surface area (Å²) in [6.45, 7) is 4.59. The van der Waals surface area contributed by atoms with Crippen molar-refractivity contribution >= 4 is 5.78 Å². The quantitative estimate of drug-likeness (QED) is 0.694. The molecule has 130 valence electrons. The minimum absolute atomic E-state index is 0.0327. The van der Waals surface area contributed by atoms with Crippen LogP contribution in [0.25, 0.3) is 0 Å². The van der Waals surface area contributed by atoms with Crippen molar-refractivity contribution in [1.29, 1.82) is 5.26 Å². The number of aliphatic hydroxyl groups excluding tert-OH is 1. The van der Waals surface area contributed by atoms with Crippen molar-refractivity contribution in [2.45, 2.75) is 76.6 Å². The van der Waals surface area contributed by atoms with E-state index in [4.69, 9.17) is 4.74 Å². The Bertz CT molecular complexity index is 656. The summed E-state index contributed by atoms with van der Waals surface area (Å²) in [6.07, 6.45) is 6.53. The molecule has 5 fully saturated rings. The lowest BCUT2D eigenvalue weighted by Crippen LogP contribution is -2.59. The van der Waals surface area contributed by atoms with Crippen molar-refractivity contribution in [2.75, 3.05) is 0 Å². The van der Waals surface area contributed by atoms with E-state index < -0.39 is 5.92 Å². The highest BCUT2D eigenvalue weighted by Gasteiger charge is 2.78. The minimum Gasteiger partial charge on any atom is -0.393 e. The fourth-order valence-electron chi connectivity index (χ4n) is 7.66. The number of nitriles is 1. The molecule has 1 aliphatic heterocycles. The van der Waals surface area contributed by atoms with Gasteiger partial charge in [-0.05, 0) is 68.1 Å². The van der Waals surface area contributed by atoms with Gasteiger partial charge in [-0.3, -0.25) is 4.79 Å². The fourth-order valence-corrected chi connectivity index (χ4v) is 7.66. The third-order valence-electron chi connectivity index (χ3n) is 9.10. The van der Waals surface area contributed by atoms with Gasteiger partial charge in [0.1, 0.15) is 17.6 Å². The molecular weight excluding hydrogens is 302 g/mol. The zero-order chi connectivity index (χ0) is 16.9. The highest BCUT2D eigenvalue weighted by molar-refractivity contribution is 5.92. The molecule has 4 unspecified atom stereocenters. The van der Waals surface area contributed by atoms with Gasteiger partial charge in [-0.2, -0.15) is 5.26 Å². The lowest BCUT2D eigenvalue weighted by Gasteiger charge is -2.59. The van der Waals surface area contributed by atoms with Crippen molar-refractivity contribution in [2.24, 2.45) is 34.5 Å². The first-order valence-corrected chi connectivity index (χ1v) is 9.67. The molecule has 24 heavy (non-hydrogen) atoms. The first kappa shape index (κ1) is 15.3. The monoisotopic (exact) mass is 329 g/mol. The van der Waals surface area contributed by atoms with Crippen LogP contribution in [-0.2, 0) is 9.53 Å². The molecule has 1 saturated heterocycles. The molecule has 4 saturated carbocycles. The number of fused-ring (bicyclic) bond motifs is 4. The van der Waals surface area contributed by atoms with Crippen molar-refractivity contribution in [3.05, 3.63) is 0 Å². The second-order valence-corrected chi connectivity index (χ2v) is 9.65. The van der Waals surface area contributed by atoms with Crippen LogP contribution in [0.5, 0.6) is 0 Å². The summed E-state index contributed by atoms with van der Waals surface area (Å²) < 4.78 is 6.07. The van der Waals surface area contributed by atoms with E-state index in [2.05, 4.69) is 19.9 Å². The SMILES string of the molecule is C[C@]12CC[C@H]3[C@@H](CCC45OC4C(=O)C(C#N)C[C@]35C)[C@@H]1CCC2O. The Morgan fingerprint density at radius 2 is 1.96 bits per heavy atom. The lowest BCUT2D eigenvalue weighted by molar-refractivity contribution is -0.138. The van der Waals surface area contributed by atoms with Crippen LogP contribution in [0, 0.1) is 45.8 Å². The maximum Gasteiger partial charge on any atom is 0.181 e. The summed E-state index contributed by atoms with van der Waals surface area (Å²) in [5.41, 5.74) is -0.252. The van der Waals surface area contributed by atoms with Crippen molar-refractivity contribution in [3.63, 3.8) is 0 Å². The van der Waals surface area contributed by atoms with E-state index in [0.717, 1.165) is 38.5 Å². The number of nitrogens with zero attached hydrogens (tertiary/aromatic N) is 1. The van der Waals surface area contributed by atoms with Crippen LogP contribution in [-0.4, -0.2) is 28.7 Å². The molecule has 1 N–H and O–H groups in total. The van der Waals surface area contributed by atoms with E-state index in [0.29, 0.717) is 24.2 Å². The van der Waals surface area contributed by atoms with Gasteiger partial charge in [0.25, 0.3) is 0 Å². The van der Waals surface area contributed by atoms with E-state index in [1.54, 1.807) is 0 Å². The molecule has 4 nitrogen and oxygen atoms in total. The Hall–Kier alpha value is -0.920. The van der Waals surface area contributed by atoms with Gasteiger partial charge < -0.3 is 9.84 Å². The summed E-state index contributed by atoms with van der Waals surface area (Å²) in [5.74, 6) is 1.29. The summed E-state index contributed by atoms with van der Waals surface area (Å²) in [5, 5.41) is 20.0. The molecule has 4 aliphatic carbocycles. The van der Waals surface area contributed by atoms with Gasteiger partial charge in [0.15, 0.2) is 5.78 Å². The van der Waals surface area contributed by atoms with Gasteiger partial charge in [0.05, 0.1) is 12.2 Å². The lowest BCUT2D eigenvalue weighted by atomic mass is 9.44. The van der Waals surface area contributed by atoms with E-state index in [-0.39, 0.29) is 34.4 Å². The average molecular weight is 329 g/mol. The third-order valence-corrected chi connectivity index (χ3v) is 9.10. The molecule has 1 spiro atoms. The first-order chi connectivity index (χ1) is 11.4. The predicted octanol–water partition coefficient (Wildman–Crippen LogP) is 2.84. The zero-order valence-corrected chi connectivity index (χ0v) is 14.6. The molecule has 9 atom stereocenters.